The van der Waals surface area contributed by atoms with E-state index in [4.69, 9.17) is 5.73 Å². The van der Waals surface area contributed by atoms with Crippen LogP contribution >= 0.6 is 0 Å². The molecule has 0 bridgehead atoms. The van der Waals surface area contributed by atoms with E-state index in [0.717, 1.165) is 11.4 Å². The van der Waals surface area contributed by atoms with Crippen LogP contribution in [-0.2, 0) is 4.79 Å². The fourth-order valence-corrected chi connectivity index (χ4v) is 2.96. The maximum absolute atomic E-state index is 12.7. The van der Waals surface area contributed by atoms with Gasteiger partial charge in [-0.25, -0.2) is 9.50 Å². The number of hydrogen-bond donors (Lipinski definition) is 1. The lowest BCUT2D eigenvalue weighted by molar-refractivity contribution is -0.123. The molecule has 0 unspecified atom stereocenters. The average molecular weight is 301 g/mol. The van der Waals surface area contributed by atoms with Crippen LogP contribution in [0.5, 0.6) is 0 Å². The molecule has 22 heavy (non-hydrogen) atoms. The Bertz CT molecular complexity index is 744. The summed E-state index contributed by atoms with van der Waals surface area (Å²) in [7, 11) is 0. The minimum absolute atomic E-state index is 0.0876. The molecule has 1 fully saturated rings. The molecule has 0 saturated carbocycles. The minimum atomic E-state index is -0.281. The van der Waals surface area contributed by atoms with Crippen LogP contribution < -0.4 is 5.73 Å². The smallest absolute Gasteiger partial charge is 0.259 e. The maximum atomic E-state index is 12.7. The summed E-state index contributed by atoms with van der Waals surface area (Å²) in [5, 5.41) is 4.25. The highest BCUT2D eigenvalue weighted by molar-refractivity contribution is 5.99. The summed E-state index contributed by atoms with van der Waals surface area (Å²) < 4.78 is 1.68. The van der Waals surface area contributed by atoms with Gasteiger partial charge in [0.25, 0.3) is 5.91 Å². The summed E-state index contributed by atoms with van der Waals surface area (Å²) in [4.78, 5) is 30.1. The van der Waals surface area contributed by atoms with Gasteiger partial charge in [0, 0.05) is 30.4 Å². The maximum Gasteiger partial charge on any atom is 0.259 e. The molecule has 1 aliphatic heterocycles. The van der Waals surface area contributed by atoms with Gasteiger partial charge in [0.2, 0.25) is 5.91 Å². The third kappa shape index (κ3) is 2.43. The van der Waals surface area contributed by atoms with Gasteiger partial charge in [0.05, 0.1) is 6.20 Å². The third-order valence-electron chi connectivity index (χ3n) is 4.19. The predicted molar refractivity (Wildman–Crippen MR) is 80.3 cm³/mol. The number of aryl methyl sites for hydroxylation is 2. The van der Waals surface area contributed by atoms with Gasteiger partial charge in [-0.3, -0.25) is 9.59 Å². The molecule has 7 nitrogen and oxygen atoms in total. The van der Waals surface area contributed by atoms with E-state index in [-0.39, 0.29) is 17.7 Å². The third-order valence-corrected chi connectivity index (χ3v) is 4.19. The Kier molecular flexibility index (Phi) is 3.56. The molecule has 1 aliphatic rings. The van der Waals surface area contributed by atoms with Crippen LogP contribution in [0.15, 0.2) is 12.3 Å². The zero-order chi connectivity index (χ0) is 15.9. The molecule has 3 heterocycles. The van der Waals surface area contributed by atoms with E-state index in [0.29, 0.717) is 37.1 Å². The van der Waals surface area contributed by atoms with Crippen molar-refractivity contribution in [3.63, 3.8) is 0 Å². The zero-order valence-corrected chi connectivity index (χ0v) is 12.7. The number of nitrogens with zero attached hydrogens (tertiary/aromatic N) is 4. The first-order chi connectivity index (χ1) is 10.5. The number of hydrogen-bond acceptors (Lipinski definition) is 4. The number of likely N-dealkylation sites (tertiary alicyclic amines) is 1. The minimum Gasteiger partial charge on any atom is -0.369 e. The topological polar surface area (TPSA) is 93.6 Å². The highest BCUT2D eigenvalue weighted by atomic mass is 16.2. The van der Waals surface area contributed by atoms with Crippen LogP contribution in [0.4, 0.5) is 0 Å². The molecule has 0 spiro atoms. The van der Waals surface area contributed by atoms with Crippen molar-refractivity contribution in [3.8, 4) is 0 Å². The van der Waals surface area contributed by atoms with Crippen molar-refractivity contribution in [2.45, 2.75) is 26.7 Å². The quantitative estimate of drug-likeness (QED) is 0.882. The van der Waals surface area contributed by atoms with Crippen molar-refractivity contribution in [2.75, 3.05) is 13.1 Å². The molecule has 2 aromatic heterocycles. The highest BCUT2D eigenvalue weighted by Crippen LogP contribution is 2.20. The summed E-state index contributed by atoms with van der Waals surface area (Å²) >= 11 is 0. The summed E-state index contributed by atoms with van der Waals surface area (Å²) in [6.07, 6.45) is 2.80. The van der Waals surface area contributed by atoms with Gasteiger partial charge < -0.3 is 10.6 Å². The lowest BCUT2D eigenvalue weighted by Crippen LogP contribution is -2.41. The normalized spacial score (nSPS) is 16.2. The van der Waals surface area contributed by atoms with E-state index in [1.165, 1.54) is 0 Å². The number of carbonyl (C=O) groups excluding carboxylic acids is 2. The largest absolute Gasteiger partial charge is 0.369 e. The van der Waals surface area contributed by atoms with Crippen molar-refractivity contribution >= 4 is 17.5 Å². The molecule has 0 atom stereocenters. The first-order valence-corrected chi connectivity index (χ1v) is 7.38. The second kappa shape index (κ2) is 5.40. The van der Waals surface area contributed by atoms with Gasteiger partial charge in [-0.05, 0) is 32.8 Å². The fraction of sp³-hybridized carbons (Fsp3) is 0.467. The van der Waals surface area contributed by atoms with Gasteiger partial charge in [-0.15, -0.1) is 0 Å². The number of fused-ring (bicyclic) bond motifs is 1. The predicted octanol–water partition coefficient (Wildman–Crippen LogP) is 0.684. The first-order valence-electron chi connectivity index (χ1n) is 7.38. The SMILES string of the molecule is Cc1cc(C)n2ncc(C(=O)N3CCC(C(N)=O)CC3)c2n1. The van der Waals surface area contributed by atoms with Gasteiger partial charge in [-0.2, -0.15) is 5.10 Å². The second-order valence-electron chi connectivity index (χ2n) is 5.80. The Labute approximate surface area is 128 Å². The standard InChI is InChI=1S/C15H19N5O2/c1-9-7-10(2)20-14(18-9)12(8-17-20)15(22)19-5-3-11(4-6-19)13(16)21/h7-8,11H,3-6H2,1-2H3,(H2,16,21). The van der Waals surface area contributed by atoms with Crippen molar-refractivity contribution in [2.24, 2.45) is 11.7 Å². The number of nitrogens with two attached hydrogens (primary N) is 1. The van der Waals surface area contributed by atoms with E-state index in [2.05, 4.69) is 10.1 Å². The molecule has 2 N–H and O–H groups in total. The highest BCUT2D eigenvalue weighted by Gasteiger charge is 2.28. The van der Waals surface area contributed by atoms with Crippen molar-refractivity contribution < 1.29 is 9.59 Å². The van der Waals surface area contributed by atoms with Gasteiger partial charge in [0.1, 0.15) is 5.56 Å². The van der Waals surface area contributed by atoms with Crippen LogP contribution in [0.3, 0.4) is 0 Å². The summed E-state index contributed by atoms with van der Waals surface area (Å²) in [5.74, 6) is -0.498. The first kappa shape index (κ1) is 14.5. The molecule has 3 rings (SSSR count). The van der Waals surface area contributed by atoms with Crippen molar-refractivity contribution in [3.05, 3.63) is 29.2 Å². The van der Waals surface area contributed by atoms with Crippen LogP contribution in [0.2, 0.25) is 0 Å². The Morgan fingerprint density at radius 2 is 1.95 bits per heavy atom. The second-order valence-corrected chi connectivity index (χ2v) is 5.80. The number of amides is 2. The zero-order valence-electron chi connectivity index (χ0n) is 12.7. The Hall–Kier alpha value is -2.44. The summed E-state index contributed by atoms with van der Waals surface area (Å²) in [6, 6.07) is 1.92. The molecular weight excluding hydrogens is 282 g/mol. The lowest BCUT2D eigenvalue weighted by Gasteiger charge is -2.30. The molecule has 2 amide bonds. The van der Waals surface area contributed by atoms with Crippen LogP contribution in [0.25, 0.3) is 5.65 Å². The molecule has 2 aromatic rings. The van der Waals surface area contributed by atoms with Gasteiger partial charge in [-0.1, -0.05) is 0 Å². The van der Waals surface area contributed by atoms with E-state index in [9.17, 15) is 9.59 Å². The molecule has 0 radical (unpaired) electrons. The molecule has 1 saturated heterocycles. The monoisotopic (exact) mass is 301 g/mol. The van der Waals surface area contributed by atoms with E-state index >= 15 is 0 Å². The molecule has 7 heteroatoms. The van der Waals surface area contributed by atoms with E-state index < -0.39 is 0 Å². The number of carbonyl (C=O) groups is 2. The lowest BCUT2D eigenvalue weighted by atomic mass is 9.96. The Morgan fingerprint density at radius 1 is 1.27 bits per heavy atom. The summed E-state index contributed by atoms with van der Waals surface area (Å²) in [6.45, 7) is 4.90. The number of primary amides is 1. The van der Waals surface area contributed by atoms with Gasteiger partial charge in [0.15, 0.2) is 5.65 Å². The van der Waals surface area contributed by atoms with Gasteiger partial charge >= 0.3 is 0 Å². The Morgan fingerprint density at radius 3 is 2.59 bits per heavy atom. The number of rotatable bonds is 2. The number of aromatic nitrogens is 3. The number of piperidine rings is 1. The van der Waals surface area contributed by atoms with Crippen LogP contribution in [-0.4, -0.2) is 44.4 Å². The fourth-order valence-electron chi connectivity index (χ4n) is 2.96. The van der Waals surface area contributed by atoms with Crippen molar-refractivity contribution in [1.29, 1.82) is 0 Å². The average Bonchev–Trinajstić information content (AvgIpc) is 2.90. The summed E-state index contributed by atoms with van der Waals surface area (Å²) in [5.41, 5.74) is 8.20. The molecular formula is C15H19N5O2. The molecule has 0 aliphatic carbocycles. The molecule has 0 aromatic carbocycles. The van der Waals surface area contributed by atoms with E-state index in [1.807, 2.05) is 19.9 Å². The van der Waals surface area contributed by atoms with Crippen LogP contribution in [0, 0.1) is 19.8 Å². The van der Waals surface area contributed by atoms with Crippen molar-refractivity contribution in [1.82, 2.24) is 19.5 Å². The Balaban J connectivity index is 1.86. The van der Waals surface area contributed by atoms with Crippen LogP contribution in [0.1, 0.15) is 34.6 Å². The molecule has 116 valence electrons. The van der Waals surface area contributed by atoms with E-state index in [1.54, 1.807) is 15.6 Å².